The SMILES string of the molecule is O=c1[nH]c(COCc2ccccc2)c(Cl)c(=O)[nH]1. The topological polar surface area (TPSA) is 75.0 Å². The summed E-state index contributed by atoms with van der Waals surface area (Å²) < 4.78 is 5.39. The smallest absolute Gasteiger partial charge is 0.326 e. The van der Waals surface area contributed by atoms with E-state index in [0.29, 0.717) is 6.61 Å². The molecule has 2 N–H and O–H groups in total. The van der Waals surface area contributed by atoms with Gasteiger partial charge in [-0.1, -0.05) is 41.9 Å². The van der Waals surface area contributed by atoms with E-state index >= 15 is 0 Å². The van der Waals surface area contributed by atoms with Crippen molar-refractivity contribution in [2.45, 2.75) is 13.2 Å². The molecule has 0 spiro atoms. The molecule has 2 rings (SSSR count). The van der Waals surface area contributed by atoms with Crippen LogP contribution in [0.4, 0.5) is 0 Å². The normalized spacial score (nSPS) is 10.5. The minimum atomic E-state index is -0.612. The second-order valence-corrected chi connectivity index (χ2v) is 4.06. The fraction of sp³-hybridized carbons (Fsp3) is 0.167. The van der Waals surface area contributed by atoms with E-state index < -0.39 is 11.2 Å². The monoisotopic (exact) mass is 266 g/mol. The van der Waals surface area contributed by atoms with E-state index in [2.05, 4.69) is 4.98 Å². The first kappa shape index (κ1) is 12.6. The van der Waals surface area contributed by atoms with E-state index in [-0.39, 0.29) is 17.3 Å². The Labute approximate surface area is 107 Å². The lowest BCUT2D eigenvalue weighted by atomic mass is 10.2. The van der Waals surface area contributed by atoms with Crippen LogP contribution in [0, 0.1) is 0 Å². The summed E-state index contributed by atoms with van der Waals surface area (Å²) in [5, 5.41) is -0.0531. The average molecular weight is 267 g/mol. The molecule has 0 saturated heterocycles. The first-order chi connectivity index (χ1) is 8.66. The highest BCUT2D eigenvalue weighted by molar-refractivity contribution is 6.30. The first-order valence-electron chi connectivity index (χ1n) is 5.29. The van der Waals surface area contributed by atoms with Crippen LogP contribution in [-0.2, 0) is 18.0 Å². The van der Waals surface area contributed by atoms with E-state index in [1.807, 2.05) is 35.3 Å². The van der Waals surface area contributed by atoms with Gasteiger partial charge in [0.15, 0.2) is 0 Å². The van der Waals surface area contributed by atoms with Crippen LogP contribution >= 0.6 is 11.6 Å². The lowest BCUT2D eigenvalue weighted by Gasteiger charge is -2.05. The highest BCUT2D eigenvalue weighted by atomic mass is 35.5. The van der Waals surface area contributed by atoms with Gasteiger partial charge in [-0.05, 0) is 5.56 Å². The van der Waals surface area contributed by atoms with Crippen molar-refractivity contribution >= 4 is 11.6 Å². The molecule has 5 nitrogen and oxygen atoms in total. The predicted octanol–water partition coefficient (Wildman–Crippen LogP) is 1.43. The number of aromatic nitrogens is 2. The maximum atomic E-state index is 11.2. The number of hydrogen-bond acceptors (Lipinski definition) is 3. The highest BCUT2D eigenvalue weighted by Crippen LogP contribution is 2.08. The van der Waals surface area contributed by atoms with Crippen molar-refractivity contribution in [3.8, 4) is 0 Å². The Bertz CT molecular complexity index is 634. The fourth-order valence-electron chi connectivity index (χ4n) is 1.46. The molecule has 2 aromatic rings. The molecule has 1 aromatic heterocycles. The fourth-order valence-corrected chi connectivity index (χ4v) is 1.61. The molecule has 0 fully saturated rings. The molecule has 0 bridgehead atoms. The number of ether oxygens (including phenoxy) is 1. The summed E-state index contributed by atoms with van der Waals surface area (Å²) in [7, 11) is 0. The zero-order chi connectivity index (χ0) is 13.0. The van der Waals surface area contributed by atoms with Crippen LogP contribution in [-0.4, -0.2) is 9.97 Å². The molecule has 0 atom stereocenters. The van der Waals surface area contributed by atoms with Crippen LogP contribution in [0.2, 0.25) is 5.02 Å². The zero-order valence-electron chi connectivity index (χ0n) is 9.40. The van der Waals surface area contributed by atoms with Gasteiger partial charge in [-0.15, -0.1) is 0 Å². The molecule has 0 saturated carbocycles. The van der Waals surface area contributed by atoms with Crippen molar-refractivity contribution in [3.05, 3.63) is 67.4 Å². The molecular weight excluding hydrogens is 256 g/mol. The number of benzene rings is 1. The van der Waals surface area contributed by atoms with E-state index in [1.54, 1.807) is 0 Å². The van der Waals surface area contributed by atoms with Crippen LogP contribution in [0.5, 0.6) is 0 Å². The number of halogens is 1. The molecule has 6 heteroatoms. The zero-order valence-corrected chi connectivity index (χ0v) is 10.2. The highest BCUT2D eigenvalue weighted by Gasteiger charge is 2.06. The average Bonchev–Trinajstić information content (AvgIpc) is 2.36. The van der Waals surface area contributed by atoms with Crippen LogP contribution in [0.15, 0.2) is 39.9 Å². The Morgan fingerprint density at radius 1 is 1.06 bits per heavy atom. The summed E-state index contributed by atoms with van der Waals surface area (Å²) in [5.74, 6) is 0. The van der Waals surface area contributed by atoms with Gasteiger partial charge in [-0.3, -0.25) is 9.78 Å². The molecule has 94 valence electrons. The van der Waals surface area contributed by atoms with Gasteiger partial charge >= 0.3 is 5.69 Å². The maximum absolute atomic E-state index is 11.2. The summed E-state index contributed by atoms with van der Waals surface area (Å²) in [4.78, 5) is 26.8. The third-order valence-electron chi connectivity index (χ3n) is 2.31. The van der Waals surface area contributed by atoms with Crippen molar-refractivity contribution in [1.29, 1.82) is 0 Å². The molecule has 0 aliphatic heterocycles. The molecular formula is C12H11ClN2O3. The third kappa shape index (κ3) is 3.09. The van der Waals surface area contributed by atoms with Crippen molar-refractivity contribution in [2.75, 3.05) is 0 Å². The van der Waals surface area contributed by atoms with Gasteiger partial charge < -0.3 is 9.72 Å². The summed E-state index contributed by atoms with van der Waals surface area (Å²) in [6.45, 7) is 0.457. The first-order valence-corrected chi connectivity index (χ1v) is 5.67. The summed E-state index contributed by atoms with van der Waals surface area (Å²) >= 11 is 5.75. The van der Waals surface area contributed by atoms with Crippen molar-refractivity contribution in [2.24, 2.45) is 0 Å². The molecule has 0 aliphatic rings. The predicted molar refractivity (Wildman–Crippen MR) is 67.6 cm³/mol. The van der Waals surface area contributed by atoms with Crippen LogP contribution in [0.25, 0.3) is 0 Å². The summed E-state index contributed by atoms with van der Waals surface area (Å²) in [5.41, 5.74) is 0.0728. The maximum Gasteiger partial charge on any atom is 0.326 e. The molecule has 1 aromatic carbocycles. The second kappa shape index (κ2) is 5.66. The number of rotatable bonds is 4. The Kier molecular flexibility index (Phi) is 3.96. The van der Waals surface area contributed by atoms with Gasteiger partial charge in [-0.2, -0.15) is 0 Å². The molecule has 1 heterocycles. The lowest BCUT2D eigenvalue weighted by molar-refractivity contribution is 0.104. The number of nitrogens with one attached hydrogen (secondary N) is 2. The molecule has 0 amide bonds. The third-order valence-corrected chi connectivity index (χ3v) is 2.71. The molecule has 0 aliphatic carbocycles. The Morgan fingerprint density at radius 3 is 2.50 bits per heavy atom. The molecule has 0 radical (unpaired) electrons. The summed E-state index contributed by atoms with van der Waals surface area (Å²) in [6, 6.07) is 9.56. The van der Waals surface area contributed by atoms with Gasteiger partial charge in [0.25, 0.3) is 5.56 Å². The van der Waals surface area contributed by atoms with Crippen LogP contribution in [0.1, 0.15) is 11.3 Å². The number of aromatic amines is 2. The van der Waals surface area contributed by atoms with E-state index in [9.17, 15) is 9.59 Å². The largest absolute Gasteiger partial charge is 0.371 e. The quantitative estimate of drug-likeness (QED) is 0.879. The minimum absolute atomic E-state index is 0.0531. The minimum Gasteiger partial charge on any atom is -0.371 e. The van der Waals surface area contributed by atoms with Gasteiger partial charge in [0.05, 0.1) is 18.9 Å². The van der Waals surface area contributed by atoms with Crippen LogP contribution < -0.4 is 11.2 Å². The van der Waals surface area contributed by atoms with E-state index in [1.165, 1.54) is 0 Å². The van der Waals surface area contributed by atoms with Gasteiger partial charge in [0.2, 0.25) is 0 Å². The number of H-pyrrole nitrogens is 2. The standard InChI is InChI=1S/C12H11ClN2O3/c13-10-9(14-12(17)15-11(10)16)7-18-6-8-4-2-1-3-5-8/h1-5H,6-7H2,(H2,14,15,16,17). The summed E-state index contributed by atoms with van der Waals surface area (Å²) in [6.07, 6.45) is 0. The van der Waals surface area contributed by atoms with Crippen molar-refractivity contribution in [3.63, 3.8) is 0 Å². The lowest BCUT2D eigenvalue weighted by Crippen LogP contribution is -2.25. The van der Waals surface area contributed by atoms with Crippen molar-refractivity contribution < 1.29 is 4.74 Å². The Balaban J connectivity index is 2.03. The second-order valence-electron chi connectivity index (χ2n) is 3.68. The van der Waals surface area contributed by atoms with Crippen molar-refractivity contribution in [1.82, 2.24) is 9.97 Å². The van der Waals surface area contributed by atoms with Gasteiger partial charge in [0, 0.05) is 0 Å². The Hall–Kier alpha value is -1.85. The number of hydrogen-bond donors (Lipinski definition) is 2. The van der Waals surface area contributed by atoms with Gasteiger partial charge in [0.1, 0.15) is 5.02 Å². The van der Waals surface area contributed by atoms with Crippen LogP contribution in [0.3, 0.4) is 0 Å². The van der Waals surface area contributed by atoms with E-state index in [0.717, 1.165) is 5.56 Å². The Morgan fingerprint density at radius 2 is 1.78 bits per heavy atom. The molecule has 18 heavy (non-hydrogen) atoms. The molecule has 0 unspecified atom stereocenters. The van der Waals surface area contributed by atoms with E-state index in [4.69, 9.17) is 16.3 Å². The van der Waals surface area contributed by atoms with Gasteiger partial charge in [-0.25, -0.2) is 4.79 Å².